The molecule has 0 atom stereocenters. The van der Waals surface area contributed by atoms with Crippen LogP contribution in [0, 0.1) is 6.92 Å². The molecular formula is C18H20O. The van der Waals surface area contributed by atoms with Crippen molar-refractivity contribution in [2.75, 3.05) is 0 Å². The predicted octanol–water partition coefficient (Wildman–Crippen LogP) is 4.98. The molecule has 1 aromatic heterocycles. The zero-order chi connectivity index (χ0) is 13.6. The highest BCUT2D eigenvalue weighted by Gasteiger charge is 2.24. The molecule has 1 aliphatic rings. The van der Waals surface area contributed by atoms with E-state index in [2.05, 4.69) is 51.1 Å². The number of allylic oxidation sites excluding steroid dienone is 1. The van der Waals surface area contributed by atoms with E-state index >= 15 is 0 Å². The highest BCUT2D eigenvalue weighted by Crippen LogP contribution is 2.38. The fourth-order valence-electron chi connectivity index (χ4n) is 2.79. The van der Waals surface area contributed by atoms with Crippen LogP contribution in [0.4, 0.5) is 0 Å². The van der Waals surface area contributed by atoms with Crippen molar-refractivity contribution in [2.45, 2.75) is 39.5 Å². The molecule has 2 aromatic rings. The van der Waals surface area contributed by atoms with E-state index in [0.717, 1.165) is 17.9 Å². The van der Waals surface area contributed by atoms with Crippen LogP contribution in [0.2, 0.25) is 0 Å². The maximum Gasteiger partial charge on any atom is 0.130 e. The van der Waals surface area contributed by atoms with E-state index in [1.165, 1.54) is 22.3 Å². The van der Waals surface area contributed by atoms with E-state index in [1.807, 2.05) is 13.0 Å². The Morgan fingerprint density at radius 3 is 2.47 bits per heavy atom. The molecule has 1 heteroatoms. The van der Waals surface area contributed by atoms with Gasteiger partial charge in [0.2, 0.25) is 0 Å². The third-order valence-corrected chi connectivity index (χ3v) is 3.76. The van der Waals surface area contributed by atoms with Crippen molar-refractivity contribution < 1.29 is 4.42 Å². The fourth-order valence-corrected chi connectivity index (χ4v) is 2.79. The molecular weight excluding hydrogens is 232 g/mol. The number of furan rings is 1. The molecule has 0 saturated carbocycles. The molecule has 0 fully saturated rings. The van der Waals surface area contributed by atoms with Gasteiger partial charge in [-0.1, -0.05) is 39.0 Å². The SMILES string of the molecule is Cc1ccc(C2=Cc3c(cccc3C(C)(C)C)C2)o1. The Bertz CT molecular complexity index is 651. The zero-order valence-corrected chi connectivity index (χ0v) is 12.1. The molecule has 0 radical (unpaired) electrons. The molecule has 1 nitrogen and oxygen atoms in total. The first-order valence-corrected chi connectivity index (χ1v) is 6.85. The predicted molar refractivity (Wildman–Crippen MR) is 80.2 cm³/mol. The minimum absolute atomic E-state index is 0.177. The number of aryl methyl sites for hydroxylation is 1. The van der Waals surface area contributed by atoms with Gasteiger partial charge in [0.1, 0.15) is 11.5 Å². The van der Waals surface area contributed by atoms with Gasteiger partial charge in [-0.25, -0.2) is 0 Å². The van der Waals surface area contributed by atoms with E-state index in [1.54, 1.807) is 0 Å². The smallest absolute Gasteiger partial charge is 0.130 e. The lowest BCUT2D eigenvalue weighted by atomic mass is 9.83. The zero-order valence-electron chi connectivity index (χ0n) is 12.1. The minimum Gasteiger partial charge on any atom is -0.462 e. The standard InChI is InChI=1S/C18H20O/c1-12-8-9-17(19-12)14-10-13-6-5-7-16(15(13)11-14)18(2,3)4/h5-9,11H,10H2,1-4H3. The molecule has 0 saturated heterocycles. The van der Waals surface area contributed by atoms with Crippen molar-refractivity contribution in [2.24, 2.45) is 0 Å². The molecule has 19 heavy (non-hydrogen) atoms. The summed E-state index contributed by atoms with van der Waals surface area (Å²) in [4.78, 5) is 0. The maximum atomic E-state index is 5.76. The van der Waals surface area contributed by atoms with Gasteiger partial charge in [0, 0.05) is 6.42 Å². The van der Waals surface area contributed by atoms with Gasteiger partial charge in [-0.3, -0.25) is 0 Å². The van der Waals surface area contributed by atoms with Crippen molar-refractivity contribution in [3.05, 3.63) is 58.5 Å². The van der Waals surface area contributed by atoms with Crippen LogP contribution >= 0.6 is 0 Å². The summed E-state index contributed by atoms with van der Waals surface area (Å²) >= 11 is 0. The number of hydrogen-bond donors (Lipinski definition) is 0. The summed E-state index contributed by atoms with van der Waals surface area (Å²) in [6, 6.07) is 10.7. The van der Waals surface area contributed by atoms with Gasteiger partial charge in [-0.15, -0.1) is 0 Å². The first kappa shape index (κ1) is 12.3. The summed E-state index contributed by atoms with van der Waals surface area (Å²) in [5.41, 5.74) is 5.69. The molecule has 98 valence electrons. The van der Waals surface area contributed by atoms with Crippen LogP contribution in [0.15, 0.2) is 34.7 Å². The second kappa shape index (κ2) is 4.12. The molecule has 0 N–H and O–H groups in total. The van der Waals surface area contributed by atoms with Crippen LogP contribution in [0.1, 0.15) is 49.0 Å². The maximum absolute atomic E-state index is 5.76. The minimum atomic E-state index is 0.177. The van der Waals surface area contributed by atoms with Crippen molar-refractivity contribution in [3.63, 3.8) is 0 Å². The summed E-state index contributed by atoms with van der Waals surface area (Å²) in [6.45, 7) is 8.80. The van der Waals surface area contributed by atoms with E-state index in [0.29, 0.717) is 0 Å². The lowest BCUT2D eigenvalue weighted by Gasteiger charge is -2.22. The van der Waals surface area contributed by atoms with Gasteiger partial charge in [0.15, 0.2) is 0 Å². The molecule has 0 spiro atoms. The second-order valence-electron chi connectivity index (χ2n) is 6.39. The van der Waals surface area contributed by atoms with Crippen molar-refractivity contribution in [1.29, 1.82) is 0 Å². The number of fused-ring (bicyclic) bond motifs is 1. The van der Waals surface area contributed by atoms with Crippen molar-refractivity contribution >= 4 is 11.6 Å². The van der Waals surface area contributed by atoms with Gasteiger partial charge in [0.05, 0.1) is 0 Å². The normalized spacial score (nSPS) is 14.4. The van der Waals surface area contributed by atoms with Crippen LogP contribution in [0.25, 0.3) is 11.6 Å². The molecule has 0 aliphatic heterocycles. The molecule has 0 unspecified atom stereocenters. The number of benzene rings is 1. The van der Waals surface area contributed by atoms with E-state index in [9.17, 15) is 0 Å². The Morgan fingerprint density at radius 2 is 1.84 bits per heavy atom. The lowest BCUT2D eigenvalue weighted by Crippen LogP contribution is -2.13. The first-order chi connectivity index (χ1) is 8.95. The van der Waals surface area contributed by atoms with Crippen molar-refractivity contribution in [1.82, 2.24) is 0 Å². The van der Waals surface area contributed by atoms with Gasteiger partial charge in [0.25, 0.3) is 0 Å². The second-order valence-corrected chi connectivity index (χ2v) is 6.39. The molecule has 0 amide bonds. The van der Waals surface area contributed by atoms with Crippen LogP contribution in [-0.2, 0) is 11.8 Å². The van der Waals surface area contributed by atoms with E-state index < -0.39 is 0 Å². The van der Waals surface area contributed by atoms with Crippen LogP contribution in [0.5, 0.6) is 0 Å². The lowest BCUT2D eigenvalue weighted by molar-refractivity contribution is 0.521. The summed E-state index contributed by atoms with van der Waals surface area (Å²) in [5.74, 6) is 1.98. The quantitative estimate of drug-likeness (QED) is 0.697. The molecule has 1 aliphatic carbocycles. The van der Waals surface area contributed by atoms with Gasteiger partial charge in [-0.05, 0) is 52.8 Å². The Kier molecular flexibility index (Phi) is 2.67. The fraction of sp³-hybridized carbons (Fsp3) is 0.333. The van der Waals surface area contributed by atoms with Gasteiger partial charge >= 0.3 is 0 Å². The topological polar surface area (TPSA) is 13.1 Å². The Balaban J connectivity index is 2.07. The summed E-state index contributed by atoms with van der Waals surface area (Å²) < 4.78 is 5.76. The highest BCUT2D eigenvalue weighted by molar-refractivity contribution is 5.88. The molecule has 0 bridgehead atoms. The van der Waals surface area contributed by atoms with E-state index in [4.69, 9.17) is 4.42 Å². The average molecular weight is 252 g/mol. The van der Waals surface area contributed by atoms with Crippen LogP contribution < -0.4 is 0 Å². The molecule has 3 rings (SSSR count). The van der Waals surface area contributed by atoms with E-state index in [-0.39, 0.29) is 5.41 Å². The largest absolute Gasteiger partial charge is 0.462 e. The number of rotatable bonds is 1. The summed E-state index contributed by atoms with van der Waals surface area (Å²) in [5, 5.41) is 0. The summed E-state index contributed by atoms with van der Waals surface area (Å²) in [7, 11) is 0. The molecule has 1 heterocycles. The highest BCUT2D eigenvalue weighted by atomic mass is 16.3. The van der Waals surface area contributed by atoms with Crippen LogP contribution in [0.3, 0.4) is 0 Å². The summed E-state index contributed by atoms with van der Waals surface area (Å²) in [6.07, 6.45) is 3.28. The number of hydrogen-bond acceptors (Lipinski definition) is 1. The Labute approximate surface area is 115 Å². The molecule has 1 aromatic carbocycles. The van der Waals surface area contributed by atoms with Crippen molar-refractivity contribution in [3.8, 4) is 0 Å². The third-order valence-electron chi connectivity index (χ3n) is 3.76. The van der Waals surface area contributed by atoms with Gasteiger partial charge < -0.3 is 4.42 Å². The van der Waals surface area contributed by atoms with Crippen LogP contribution in [-0.4, -0.2) is 0 Å². The monoisotopic (exact) mass is 252 g/mol. The average Bonchev–Trinajstić information content (AvgIpc) is 2.92. The van der Waals surface area contributed by atoms with Gasteiger partial charge in [-0.2, -0.15) is 0 Å². The Hall–Kier alpha value is -1.76. The third kappa shape index (κ3) is 2.14. The Morgan fingerprint density at radius 1 is 1.05 bits per heavy atom. The first-order valence-electron chi connectivity index (χ1n) is 6.85.